The minimum atomic E-state index is -0.467. The van der Waals surface area contributed by atoms with Crippen LogP contribution in [0.2, 0.25) is 0 Å². The SMILES string of the molecule is CCN=C(N)N[C@H](C)C(N)=O. The van der Waals surface area contributed by atoms with E-state index in [2.05, 4.69) is 10.3 Å². The van der Waals surface area contributed by atoms with Gasteiger partial charge in [-0.1, -0.05) is 0 Å². The van der Waals surface area contributed by atoms with Crippen molar-refractivity contribution in [2.75, 3.05) is 6.54 Å². The van der Waals surface area contributed by atoms with Crippen LogP contribution in [0, 0.1) is 0 Å². The molecule has 0 aliphatic carbocycles. The van der Waals surface area contributed by atoms with E-state index in [4.69, 9.17) is 11.5 Å². The second-order valence-corrected chi connectivity index (χ2v) is 2.13. The highest BCUT2D eigenvalue weighted by Gasteiger charge is 2.07. The van der Waals surface area contributed by atoms with Gasteiger partial charge in [0.2, 0.25) is 5.91 Å². The number of guanidine groups is 1. The molecule has 0 aliphatic heterocycles. The molecule has 0 bridgehead atoms. The predicted octanol–water partition coefficient (Wildman–Crippen LogP) is -1.22. The van der Waals surface area contributed by atoms with E-state index in [1.54, 1.807) is 6.92 Å². The van der Waals surface area contributed by atoms with E-state index < -0.39 is 11.9 Å². The van der Waals surface area contributed by atoms with Crippen LogP contribution in [0.25, 0.3) is 0 Å². The summed E-state index contributed by atoms with van der Waals surface area (Å²) in [4.78, 5) is 14.3. The summed E-state index contributed by atoms with van der Waals surface area (Å²) in [6, 6.07) is -0.467. The van der Waals surface area contributed by atoms with Gasteiger partial charge in [-0.3, -0.25) is 9.79 Å². The predicted molar refractivity (Wildman–Crippen MR) is 44.0 cm³/mol. The van der Waals surface area contributed by atoms with Crippen LogP contribution in [0.15, 0.2) is 4.99 Å². The van der Waals surface area contributed by atoms with Crippen LogP contribution in [0.3, 0.4) is 0 Å². The van der Waals surface area contributed by atoms with E-state index in [9.17, 15) is 4.79 Å². The van der Waals surface area contributed by atoms with Gasteiger partial charge in [-0.15, -0.1) is 0 Å². The number of carbonyl (C=O) groups excluding carboxylic acids is 1. The standard InChI is InChI=1S/C6H14N4O/c1-3-9-6(8)10-4(2)5(7)11/h4H,3H2,1-2H3,(H2,7,11)(H3,8,9,10)/t4-/m1/s1. The fraction of sp³-hybridized carbons (Fsp3) is 0.667. The molecule has 0 heterocycles. The molecular formula is C6H14N4O. The molecular weight excluding hydrogens is 144 g/mol. The summed E-state index contributed by atoms with van der Waals surface area (Å²) in [7, 11) is 0. The number of nitrogens with one attached hydrogen (secondary N) is 1. The molecule has 0 aromatic rings. The monoisotopic (exact) mass is 158 g/mol. The number of hydrogen-bond donors (Lipinski definition) is 3. The van der Waals surface area contributed by atoms with Crippen LogP contribution in [-0.4, -0.2) is 24.5 Å². The van der Waals surface area contributed by atoms with Crippen LogP contribution in [0.4, 0.5) is 0 Å². The summed E-state index contributed by atoms with van der Waals surface area (Å²) in [6.45, 7) is 4.06. The van der Waals surface area contributed by atoms with Crippen molar-refractivity contribution in [2.24, 2.45) is 16.5 Å². The largest absolute Gasteiger partial charge is 0.370 e. The number of hydrogen-bond acceptors (Lipinski definition) is 2. The zero-order chi connectivity index (χ0) is 8.85. The fourth-order valence-corrected chi connectivity index (χ4v) is 0.509. The lowest BCUT2D eigenvalue weighted by Gasteiger charge is -2.09. The first-order valence-corrected chi connectivity index (χ1v) is 3.43. The van der Waals surface area contributed by atoms with Gasteiger partial charge >= 0.3 is 0 Å². The molecule has 64 valence electrons. The normalized spacial score (nSPS) is 14.2. The average Bonchev–Trinajstić information content (AvgIpc) is 1.87. The van der Waals surface area contributed by atoms with Crippen molar-refractivity contribution in [1.82, 2.24) is 5.32 Å². The summed E-state index contributed by atoms with van der Waals surface area (Å²) in [6.07, 6.45) is 0. The van der Waals surface area contributed by atoms with E-state index >= 15 is 0 Å². The molecule has 11 heavy (non-hydrogen) atoms. The first kappa shape index (κ1) is 9.74. The van der Waals surface area contributed by atoms with Gasteiger partial charge in [0.15, 0.2) is 5.96 Å². The molecule has 0 aromatic carbocycles. The molecule has 5 nitrogen and oxygen atoms in total. The van der Waals surface area contributed by atoms with Gasteiger partial charge in [0, 0.05) is 6.54 Å². The lowest BCUT2D eigenvalue weighted by atomic mass is 10.3. The Morgan fingerprint density at radius 2 is 2.18 bits per heavy atom. The highest BCUT2D eigenvalue weighted by Crippen LogP contribution is 1.77. The van der Waals surface area contributed by atoms with Gasteiger partial charge in [0.05, 0.1) is 0 Å². The molecule has 0 aromatic heterocycles. The Morgan fingerprint density at radius 3 is 2.55 bits per heavy atom. The Morgan fingerprint density at radius 1 is 1.64 bits per heavy atom. The second kappa shape index (κ2) is 4.54. The zero-order valence-electron chi connectivity index (χ0n) is 6.79. The molecule has 0 fully saturated rings. The van der Waals surface area contributed by atoms with Gasteiger partial charge in [0.1, 0.15) is 6.04 Å². The summed E-state index contributed by atoms with van der Waals surface area (Å²) in [5.74, 6) is -0.196. The van der Waals surface area contributed by atoms with Crippen LogP contribution in [-0.2, 0) is 4.79 Å². The molecule has 1 amide bonds. The van der Waals surface area contributed by atoms with E-state index in [0.717, 1.165) is 0 Å². The van der Waals surface area contributed by atoms with Crippen molar-refractivity contribution in [1.29, 1.82) is 0 Å². The average molecular weight is 158 g/mol. The highest BCUT2D eigenvalue weighted by atomic mass is 16.1. The smallest absolute Gasteiger partial charge is 0.239 e. The molecule has 0 aliphatic rings. The lowest BCUT2D eigenvalue weighted by Crippen LogP contribution is -2.45. The van der Waals surface area contributed by atoms with Crippen LogP contribution in [0.1, 0.15) is 13.8 Å². The molecule has 0 saturated heterocycles. The summed E-state index contributed by atoms with van der Waals surface area (Å²) in [5.41, 5.74) is 10.3. The van der Waals surface area contributed by atoms with Crippen LogP contribution in [0.5, 0.6) is 0 Å². The molecule has 0 unspecified atom stereocenters. The number of carbonyl (C=O) groups is 1. The van der Waals surface area contributed by atoms with Gasteiger partial charge in [-0.05, 0) is 13.8 Å². The van der Waals surface area contributed by atoms with Crippen molar-refractivity contribution in [3.05, 3.63) is 0 Å². The number of rotatable bonds is 3. The van der Waals surface area contributed by atoms with Crippen LogP contribution >= 0.6 is 0 Å². The minimum Gasteiger partial charge on any atom is -0.370 e. The second-order valence-electron chi connectivity index (χ2n) is 2.13. The Bertz CT molecular complexity index is 166. The zero-order valence-corrected chi connectivity index (χ0v) is 6.79. The van der Waals surface area contributed by atoms with Gasteiger partial charge in [-0.2, -0.15) is 0 Å². The molecule has 0 rings (SSSR count). The van der Waals surface area contributed by atoms with Gasteiger partial charge in [-0.25, -0.2) is 0 Å². The maximum absolute atomic E-state index is 10.5. The van der Waals surface area contributed by atoms with Crippen molar-refractivity contribution < 1.29 is 4.79 Å². The molecule has 0 saturated carbocycles. The number of amides is 1. The number of nitrogens with two attached hydrogens (primary N) is 2. The Balaban J connectivity index is 3.84. The third kappa shape index (κ3) is 4.19. The summed E-state index contributed by atoms with van der Waals surface area (Å²) in [5, 5.41) is 2.63. The third-order valence-electron chi connectivity index (χ3n) is 1.12. The van der Waals surface area contributed by atoms with E-state index in [1.165, 1.54) is 0 Å². The number of aliphatic imine (C=N–C) groups is 1. The lowest BCUT2D eigenvalue weighted by molar-refractivity contribution is -0.119. The van der Waals surface area contributed by atoms with E-state index in [0.29, 0.717) is 6.54 Å². The molecule has 1 atom stereocenters. The van der Waals surface area contributed by atoms with Gasteiger partial charge < -0.3 is 16.8 Å². The molecule has 5 heteroatoms. The summed E-state index contributed by atoms with van der Waals surface area (Å²) < 4.78 is 0. The van der Waals surface area contributed by atoms with Crippen molar-refractivity contribution in [2.45, 2.75) is 19.9 Å². The van der Waals surface area contributed by atoms with Crippen molar-refractivity contribution in [3.63, 3.8) is 0 Å². The minimum absolute atomic E-state index is 0.249. The Kier molecular flexibility index (Phi) is 4.02. The van der Waals surface area contributed by atoms with Crippen LogP contribution < -0.4 is 16.8 Å². The highest BCUT2D eigenvalue weighted by molar-refractivity contribution is 5.86. The maximum atomic E-state index is 10.5. The number of nitrogens with zero attached hydrogens (tertiary/aromatic N) is 1. The topological polar surface area (TPSA) is 93.5 Å². The number of primary amides is 1. The fourth-order valence-electron chi connectivity index (χ4n) is 0.509. The van der Waals surface area contributed by atoms with Gasteiger partial charge in [0.25, 0.3) is 0 Å². The quantitative estimate of drug-likeness (QED) is 0.355. The van der Waals surface area contributed by atoms with Crippen molar-refractivity contribution in [3.8, 4) is 0 Å². The first-order chi connectivity index (χ1) is 5.07. The molecule has 5 N–H and O–H groups in total. The van der Waals surface area contributed by atoms with E-state index in [1.807, 2.05) is 6.92 Å². The van der Waals surface area contributed by atoms with Crippen molar-refractivity contribution >= 4 is 11.9 Å². The molecule has 0 radical (unpaired) electrons. The maximum Gasteiger partial charge on any atom is 0.239 e. The third-order valence-corrected chi connectivity index (χ3v) is 1.12. The first-order valence-electron chi connectivity index (χ1n) is 3.43. The molecule has 0 spiro atoms. The Labute approximate surface area is 65.9 Å². The van der Waals surface area contributed by atoms with E-state index in [-0.39, 0.29) is 5.96 Å². The Hall–Kier alpha value is -1.26. The summed E-state index contributed by atoms with van der Waals surface area (Å²) >= 11 is 0.